The van der Waals surface area contributed by atoms with E-state index in [0.717, 1.165) is 26.1 Å². The smallest absolute Gasteiger partial charge is 0.335 e. The maximum absolute atomic E-state index is 10.7. The van der Waals surface area contributed by atoms with Crippen molar-refractivity contribution in [2.45, 2.75) is 26.8 Å². The Morgan fingerprint density at radius 1 is 1.24 bits per heavy atom. The molecule has 0 aliphatic carbocycles. The van der Waals surface area contributed by atoms with Gasteiger partial charge in [0.15, 0.2) is 0 Å². The van der Waals surface area contributed by atoms with Crippen LogP contribution in [0.4, 0.5) is 0 Å². The quantitative estimate of drug-likeness (QED) is 0.852. The van der Waals surface area contributed by atoms with Crippen molar-refractivity contribution < 1.29 is 9.90 Å². The van der Waals surface area contributed by atoms with Gasteiger partial charge in [0.2, 0.25) is 0 Å². The number of aromatic carboxylic acids is 1. The van der Waals surface area contributed by atoms with Crippen LogP contribution in [0, 0.1) is 0 Å². The van der Waals surface area contributed by atoms with Gasteiger partial charge in [-0.3, -0.25) is 4.90 Å². The lowest BCUT2D eigenvalue weighted by atomic mass is 10.1. The second-order valence-corrected chi connectivity index (χ2v) is 3.87. The molecule has 4 heteroatoms. The Morgan fingerprint density at radius 2 is 1.82 bits per heavy atom. The maximum Gasteiger partial charge on any atom is 0.335 e. The Morgan fingerprint density at radius 3 is 2.24 bits per heavy atom. The summed E-state index contributed by atoms with van der Waals surface area (Å²) in [6.07, 6.45) is 1.14. The van der Waals surface area contributed by atoms with Crippen molar-refractivity contribution in [1.29, 1.82) is 0 Å². The van der Waals surface area contributed by atoms with Crippen LogP contribution in [0.25, 0.3) is 0 Å². The van der Waals surface area contributed by atoms with Gasteiger partial charge in [0.1, 0.15) is 0 Å². The van der Waals surface area contributed by atoms with E-state index in [9.17, 15) is 4.79 Å². The van der Waals surface area contributed by atoms with Crippen molar-refractivity contribution >= 4 is 18.4 Å². The van der Waals surface area contributed by atoms with E-state index in [1.54, 1.807) is 12.1 Å². The highest BCUT2D eigenvalue weighted by atomic mass is 35.5. The fourth-order valence-corrected chi connectivity index (χ4v) is 1.68. The van der Waals surface area contributed by atoms with E-state index in [1.807, 2.05) is 12.1 Å². The fourth-order valence-electron chi connectivity index (χ4n) is 1.68. The summed E-state index contributed by atoms with van der Waals surface area (Å²) in [5.74, 6) is -0.868. The average Bonchev–Trinajstić information content (AvgIpc) is 2.29. The fraction of sp³-hybridized carbons (Fsp3) is 0.462. The van der Waals surface area contributed by atoms with E-state index in [-0.39, 0.29) is 12.4 Å². The third-order valence-electron chi connectivity index (χ3n) is 2.59. The highest BCUT2D eigenvalue weighted by Gasteiger charge is 2.04. The van der Waals surface area contributed by atoms with Crippen LogP contribution in [0.5, 0.6) is 0 Å². The van der Waals surface area contributed by atoms with Crippen molar-refractivity contribution in [3.05, 3.63) is 35.4 Å². The Bertz CT molecular complexity index is 338. The van der Waals surface area contributed by atoms with Gasteiger partial charge in [-0.15, -0.1) is 12.4 Å². The number of carboxylic acids is 1. The minimum absolute atomic E-state index is 0. The largest absolute Gasteiger partial charge is 0.478 e. The maximum atomic E-state index is 10.7. The van der Waals surface area contributed by atoms with E-state index >= 15 is 0 Å². The van der Waals surface area contributed by atoms with Crippen LogP contribution in [0.2, 0.25) is 0 Å². The number of benzene rings is 1. The molecule has 1 aromatic rings. The lowest BCUT2D eigenvalue weighted by Gasteiger charge is -2.19. The van der Waals surface area contributed by atoms with Crippen molar-refractivity contribution in [3.8, 4) is 0 Å². The molecule has 0 amide bonds. The van der Waals surface area contributed by atoms with Crippen LogP contribution in [0.3, 0.4) is 0 Å². The van der Waals surface area contributed by atoms with Gasteiger partial charge >= 0.3 is 5.97 Å². The molecule has 0 saturated heterocycles. The van der Waals surface area contributed by atoms with Gasteiger partial charge in [0.05, 0.1) is 5.56 Å². The van der Waals surface area contributed by atoms with Gasteiger partial charge in [0.25, 0.3) is 0 Å². The third-order valence-corrected chi connectivity index (χ3v) is 2.59. The molecular weight excluding hydrogens is 238 g/mol. The van der Waals surface area contributed by atoms with Gasteiger partial charge in [0, 0.05) is 6.54 Å². The van der Waals surface area contributed by atoms with E-state index in [4.69, 9.17) is 5.11 Å². The molecule has 17 heavy (non-hydrogen) atoms. The van der Waals surface area contributed by atoms with Crippen LogP contribution in [0.1, 0.15) is 36.2 Å². The predicted octanol–water partition coefficient (Wildman–Crippen LogP) is 3.04. The van der Waals surface area contributed by atoms with Gasteiger partial charge in [-0.05, 0) is 37.2 Å². The number of carboxylic acid groups (broad SMARTS) is 1. The highest BCUT2D eigenvalue weighted by Crippen LogP contribution is 2.08. The third kappa shape index (κ3) is 5.20. The van der Waals surface area contributed by atoms with Gasteiger partial charge in [-0.2, -0.15) is 0 Å². The van der Waals surface area contributed by atoms with Crippen LogP contribution in [-0.2, 0) is 6.54 Å². The second kappa shape index (κ2) is 8.09. The van der Waals surface area contributed by atoms with Crippen molar-refractivity contribution in [1.82, 2.24) is 4.90 Å². The predicted molar refractivity (Wildman–Crippen MR) is 71.9 cm³/mol. The molecule has 1 aromatic carbocycles. The molecular formula is C13H20ClNO2. The molecule has 0 atom stereocenters. The van der Waals surface area contributed by atoms with Crippen molar-refractivity contribution in [2.24, 2.45) is 0 Å². The number of nitrogens with zero attached hydrogens (tertiary/aromatic N) is 1. The standard InChI is InChI=1S/C13H19NO2.ClH/c1-3-9-14(4-2)10-11-5-7-12(8-6-11)13(15)16;/h5-8H,3-4,9-10H2,1-2H3,(H,15,16);1H. The van der Waals surface area contributed by atoms with Crippen LogP contribution >= 0.6 is 12.4 Å². The first-order chi connectivity index (χ1) is 7.67. The Kier molecular flexibility index (Phi) is 7.59. The molecule has 0 unspecified atom stereocenters. The molecule has 0 saturated carbocycles. The molecule has 0 radical (unpaired) electrons. The molecule has 0 heterocycles. The summed E-state index contributed by atoms with van der Waals surface area (Å²) in [4.78, 5) is 13.0. The molecule has 96 valence electrons. The molecule has 0 fully saturated rings. The molecule has 1 rings (SSSR count). The van der Waals surface area contributed by atoms with Gasteiger partial charge in [-0.25, -0.2) is 4.79 Å². The first-order valence-electron chi connectivity index (χ1n) is 5.72. The number of hydrogen-bond donors (Lipinski definition) is 1. The highest BCUT2D eigenvalue weighted by molar-refractivity contribution is 5.87. The number of carbonyl (C=O) groups is 1. The summed E-state index contributed by atoms with van der Waals surface area (Å²) in [7, 11) is 0. The first-order valence-corrected chi connectivity index (χ1v) is 5.72. The lowest BCUT2D eigenvalue weighted by Crippen LogP contribution is -2.23. The normalized spacial score (nSPS) is 10.1. The van der Waals surface area contributed by atoms with Crippen LogP contribution in [-0.4, -0.2) is 29.1 Å². The zero-order valence-electron chi connectivity index (χ0n) is 10.3. The summed E-state index contributed by atoms with van der Waals surface area (Å²) < 4.78 is 0. The average molecular weight is 258 g/mol. The number of hydrogen-bond acceptors (Lipinski definition) is 2. The summed E-state index contributed by atoms with van der Waals surface area (Å²) >= 11 is 0. The summed E-state index contributed by atoms with van der Waals surface area (Å²) in [6.45, 7) is 7.30. The zero-order valence-corrected chi connectivity index (χ0v) is 11.2. The second-order valence-electron chi connectivity index (χ2n) is 3.87. The van der Waals surface area contributed by atoms with E-state index in [0.29, 0.717) is 5.56 Å². The first kappa shape index (κ1) is 15.9. The van der Waals surface area contributed by atoms with Gasteiger partial charge in [-0.1, -0.05) is 26.0 Å². The molecule has 0 aliphatic heterocycles. The topological polar surface area (TPSA) is 40.5 Å². The van der Waals surface area contributed by atoms with Crippen molar-refractivity contribution in [2.75, 3.05) is 13.1 Å². The molecule has 0 aromatic heterocycles. The Balaban J connectivity index is 0.00000256. The van der Waals surface area contributed by atoms with Crippen molar-refractivity contribution in [3.63, 3.8) is 0 Å². The molecule has 0 spiro atoms. The lowest BCUT2D eigenvalue weighted by molar-refractivity contribution is 0.0697. The molecule has 0 aliphatic rings. The Hall–Kier alpha value is -1.06. The molecule has 0 bridgehead atoms. The minimum atomic E-state index is -0.868. The minimum Gasteiger partial charge on any atom is -0.478 e. The van der Waals surface area contributed by atoms with Crippen LogP contribution < -0.4 is 0 Å². The molecule has 3 nitrogen and oxygen atoms in total. The number of halogens is 1. The van der Waals surface area contributed by atoms with E-state index in [1.165, 1.54) is 5.56 Å². The van der Waals surface area contributed by atoms with Crippen LogP contribution in [0.15, 0.2) is 24.3 Å². The van der Waals surface area contributed by atoms with E-state index in [2.05, 4.69) is 18.7 Å². The monoisotopic (exact) mass is 257 g/mol. The Labute approximate surface area is 109 Å². The summed E-state index contributed by atoms with van der Waals surface area (Å²) in [5, 5.41) is 8.78. The summed E-state index contributed by atoms with van der Waals surface area (Å²) in [5.41, 5.74) is 1.52. The molecule has 1 N–H and O–H groups in total. The summed E-state index contributed by atoms with van der Waals surface area (Å²) in [6, 6.07) is 7.11. The van der Waals surface area contributed by atoms with E-state index < -0.39 is 5.97 Å². The zero-order chi connectivity index (χ0) is 12.0. The number of rotatable bonds is 6. The SMILES string of the molecule is CCCN(CC)Cc1ccc(C(=O)O)cc1.Cl. The van der Waals surface area contributed by atoms with Gasteiger partial charge < -0.3 is 5.11 Å².